The topological polar surface area (TPSA) is 29.9 Å². The molecule has 0 amide bonds. The van der Waals surface area contributed by atoms with Crippen LogP contribution in [0.5, 0.6) is 0 Å². The van der Waals surface area contributed by atoms with Gasteiger partial charge in [-0.25, -0.2) is 0 Å². The van der Waals surface area contributed by atoms with E-state index in [9.17, 15) is 0 Å². The number of hydrogen-bond acceptors (Lipinski definition) is 2. The highest BCUT2D eigenvalue weighted by molar-refractivity contribution is 7.71. The van der Waals surface area contributed by atoms with Crippen LogP contribution in [0.25, 0.3) is 0 Å². The molecule has 1 aromatic heterocycles. The van der Waals surface area contributed by atoms with Gasteiger partial charge in [-0.05, 0) is 19.4 Å². The van der Waals surface area contributed by atoms with Gasteiger partial charge in [-0.2, -0.15) is 0 Å². The Balaban J connectivity index is 2.32. The first-order valence-corrected chi connectivity index (χ1v) is 4.54. The number of nitrogens with one attached hydrogen (secondary N) is 1. The molecule has 0 aromatic carbocycles. The molecule has 1 unspecified atom stereocenters. The van der Waals surface area contributed by atoms with Crippen molar-refractivity contribution in [2.75, 3.05) is 13.2 Å². The number of aromatic nitrogens is 2. The maximum atomic E-state index is 5.29. The molecule has 1 saturated heterocycles. The zero-order chi connectivity index (χ0) is 8.55. The molecule has 1 fully saturated rings. The molecule has 1 N–H and O–H groups in total. The van der Waals surface area contributed by atoms with E-state index in [1.807, 2.05) is 17.7 Å². The van der Waals surface area contributed by atoms with Crippen LogP contribution in [0.4, 0.5) is 0 Å². The Kier molecular flexibility index (Phi) is 2.02. The van der Waals surface area contributed by atoms with Gasteiger partial charge in [0.15, 0.2) is 0 Å². The molecule has 12 heavy (non-hydrogen) atoms. The molecule has 1 aromatic rings. The molecule has 2 rings (SSSR count). The van der Waals surface area contributed by atoms with Crippen molar-refractivity contribution < 1.29 is 4.74 Å². The third-order valence-electron chi connectivity index (χ3n) is 2.15. The molecule has 1 aliphatic heterocycles. The van der Waals surface area contributed by atoms with E-state index in [-0.39, 0.29) is 0 Å². The molecule has 3 nitrogen and oxygen atoms in total. The zero-order valence-corrected chi connectivity index (χ0v) is 7.86. The summed E-state index contributed by atoms with van der Waals surface area (Å²) in [6.07, 6.45) is 1.06. The number of nitrogens with zero attached hydrogens (tertiary/aromatic N) is 1. The minimum atomic E-state index is 0.422. The smallest absolute Gasteiger partial charge is 0.122 e. The quantitative estimate of drug-likeness (QED) is 0.675. The minimum Gasteiger partial charge on any atom is -0.379 e. The highest BCUT2D eigenvalue weighted by Gasteiger charge is 2.18. The van der Waals surface area contributed by atoms with Gasteiger partial charge in [-0.15, -0.1) is 0 Å². The summed E-state index contributed by atoms with van der Waals surface area (Å²) in [7, 11) is 0. The molecule has 1 aliphatic rings. The first kappa shape index (κ1) is 8.01. The second-order valence-electron chi connectivity index (χ2n) is 3.16. The maximum Gasteiger partial charge on any atom is 0.122 e. The van der Waals surface area contributed by atoms with Gasteiger partial charge >= 0.3 is 0 Å². The molecular formula is C8H12N2OS. The lowest BCUT2D eigenvalue weighted by molar-refractivity contribution is 0.184. The van der Waals surface area contributed by atoms with E-state index in [2.05, 4.69) is 5.10 Å². The van der Waals surface area contributed by atoms with Gasteiger partial charge in [0.2, 0.25) is 0 Å². The predicted octanol–water partition coefficient (Wildman–Crippen LogP) is 1.82. The van der Waals surface area contributed by atoms with Crippen LogP contribution in [0.3, 0.4) is 0 Å². The first-order chi connectivity index (χ1) is 5.77. The van der Waals surface area contributed by atoms with Gasteiger partial charge in [-0.1, -0.05) is 12.2 Å². The predicted molar refractivity (Wildman–Crippen MR) is 48.8 cm³/mol. The van der Waals surface area contributed by atoms with Crippen LogP contribution in [0.1, 0.15) is 18.2 Å². The average molecular weight is 184 g/mol. The zero-order valence-electron chi connectivity index (χ0n) is 7.04. The fraction of sp³-hybridized carbons (Fsp3) is 0.625. The molecule has 4 heteroatoms. The standard InChI is InChI=1S/C8H12N2OS/c1-6-4-8(12)10(9-6)7-2-3-11-5-7/h4,7,9H,2-3,5H2,1H3. The fourth-order valence-electron chi connectivity index (χ4n) is 1.53. The lowest BCUT2D eigenvalue weighted by Gasteiger charge is -2.08. The van der Waals surface area contributed by atoms with E-state index in [0.717, 1.165) is 30.0 Å². The third-order valence-corrected chi connectivity index (χ3v) is 2.46. The van der Waals surface area contributed by atoms with Crippen molar-refractivity contribution in [2.24, 2.45) is 0 Å². The fourth-order valence-corrected chi connectivity index (χ4v) is 1.90. The lowest BCUT2D eigenvalue weighted by atomic mass is 10.3. The number of H-pyrrole nitrogens is 1. The highest BCUT2D eigenvalue weighted by atomic mass is 32.1. The van der Waals surface area contributed by atoms with Crippen molar-refractivity contribution >= 4 is 12.2 Å². The Hall–Kier alpha value is -0.610. The summed E-state index contributed by atoms with van der Waals surface area (Å²) < 4.78 is 8.19. The normalized spacial score (nSPS) is 23.2. The highest BCUT2D eigenvalue weighted by Crippen LogP contribution is 2.18. The molecular weight excluding hydrogens is 172 g/mol. The number of rotatable bonds is 1. The number of hydrogen-bond donors (Lipinski definition) is 1. The Labute approximate surface area is 76.3 Å². The van der Waals surface area contributed by atoms with Crippen LogP contribution in [0, 0.1) is 11.6 Å². The van der Waals surface area contributed by atoms with Crippen LogP contribution in [-0.4, -0.2) is 23.0 Å². The van der Waals surface area contributed by atoms with Crippen LogP contribution in [0.15, 0.2) is 6.07 Å². The largest absolute Gasteiger partial charge is 0.379 e. The van der Waals surface area contributed by atoms with Crippen LogP contribution < -0.4 is 0 Å². The maximum absolute atomic E-state index is 5.29. The van der Waals surface area contributed by atoms with Crippen LogP contribution >= 0.6 is 12.2 Å². The van der Waals surface area contributed by atoms with Crippen LogP contribution in [0.2, 0.25) is 0 Å². The summed E-state index contributed by atoms with van der Waals surface area (Å²) in [5, 5.41) is 3.22. The van der Waals surface area contributed by atoms with Gasteiger partial charge in [-0.3, -0.25) is 4.68 Å². The number of ether oxygens (including phenoxy) is 1. The second-order valence-corrected chi connectivity index (χ2v) is 3.58. The molecule has 0 spiro atoms. The van der Waals surface area contributed by atoms with E-state index in [4.69, 9.17) is 17.0 Å². The molecule has 0 bridgehead atoms. The average Bonchev–Trinajstić information content (AvgIpc) is 2.58. The molecule has 0 radical (unpaired) electrons. The summed E-state index contributed by atoms with van der Waals surface area (Å²) in [6, 6.07) is 2.40. The second kappa shape index (κ2) is 3.03. The summed E-state index contributed by atoms with van der Waals surface area (Å²) in [6.45, 7) is 3.65. The number of aryl methyl sites for hydroxylation is 1. The first-order valence-electron chi connectivity index (χ1n) is 4.13. The molecule has 0 saturated carbocycles. The van der Waals surface area contributed by atoms with Crippen molar-refractivity contribution in [1.29, 1.82) is 0 Å². The number of aromatic amines is 1. The van der Waals surface area contributed by atoms with Gasteiger partial charge in [0.05, 0.1) is 12.6 Å². The Bertz CT molecular complexity index is 322. The molecule has 0 aliphatic carbocycles. The third kappa shape index (κ3) is 1.32. The van der Waals surface area contributed by atoms with Crippen molar-refractivity contribution in [2.45, 2.75) is 19.4 Å². The molecule has 2 heterocycles. The Morgan fingerprint density at radius 2 is 2.58 bits per heavy atom. The van der Waals surface area contributed by atoms with Gasteiger partial charge < -0.3 is 9.84 Å². The van der Waals surface area contributed by atoms with E-state index in [0.29, 0.717) is 6.04 Å². The van der Waals surface area contributed by atoms with Crippen LogP contribution in [-0.2, 0) is 4.74 Å². The van der Waals surface area contributed by atoms with Crippen molar-refractivity contribution in [3.05, 3.63) is 16.4 Å². The molecule has 1 atom stereocenters. The SMILES string of the molecule is Cc1cc(=S)n(C2CCOC2)[nH]1. The summed E-state index contributed by atoms with van der Waals surface area (Å²) in [5.74, 6) is 0. The van der Waals surface area contributed by atoms with Crippen molar-refractivity contribution in [3.63, 3.8) is 0 Å². The summed E-state index contributed by atoms with van der Waals surface area (Å²) in [4.78, 5) is 0. The van der Waals surface area contributed by atoms with E-state index >= 15 is 0 Å². The van der Waals surface area contributed by atoms with E-state index in [1.54, 1.807) is 0 Å². The monoisotopic (exact) mass is 184 g/mol. The lowest BCUT2D eigenvalue weighted by Crippen LogP contribution is -2.10. The van der Waals surface area contributed by atoms with Gasteiger partial charge in [0.25, 0.3) is 0 Å². The molecule has 66 valence electrons. The summed E-state index contributed by atoms with van der Waals surface area (Å²) >= 11 is 5.19. The van der Waals surface area contributed by atoms with Gasteiger partial charge in [0, 0.05) is 12.3 Å². The van der Waals surface area contributed by atoms with E-state index in [1.165, 1.54) is 0 Å². The van der Waals surface area contributed by atoms with E-state index < -0.39 is 0 Å². The van der Waals surface area contributed by atoms with Gasteiger partial charge in [0.1, 0.15) is 4.64 Å². The minimum absolute atomic E-state index is 0.422. The van der Waals surface area contributed by atoms with Crippen molar-refractivity contribution in [3.8, 4) is 0 Å². The Morgan fingerprint density at radius 3 is 3.08 bits per heavy atom. The summed E-state index contributed by atoms with van der Waals surface area (Å²) in [5.41, 5.74) is 1.12. The Morgan fingerprint density at radius 1 is 1.75 bits per heavy atom. The van der Waals surface area contributed by atoms with Crippen molar-refractivity contribution in [1.82, 2.24) is 9.78 Å².